The summed E-state index contributed by atoms with van der Waals surface area (Å²) < 4.78 is 98.3. The van der Waals surface area contributed by atoms with Crippen LogP contribution >= 0.6 is 0 Å². The number of aryl methyl sites for hydroxylation is 1. The van der Waals surface area contributed by atoms with E-state index in [0.717, 1.165) is 12.3 Å². The number of benzene rings is 2. The van der Waals surface area contributed by atoms with Gasteiger partial charge in [0.2, 0.25) is 10.0 Å². The average molecular weight is 450 g/mol. The van der Waals surface area contributed by atoms with Gasteiger partial charge in [-0.05, 0) is 30.7 Å². The molecule has 13 heteroatoms. The number of hydrogen-bond acceptors (Lipinski definition) is 5. The van der Waals surface area contributed by atoms with Gasteiger partial charge in [-0.2, -0.15) is 0 Å². The molecule has 7 nitrogen and oxygen atoms in total. The summed E-state index contributed by atoms with van der Waals surface area (Å²) in [5, 5.41) is 4.81. The van der Waals surface area contributed by atoms with Crippen LogP contribution in [0.2, 0.25) is 0 Å². The summed E-state index contributed by atoms with van der Waals surface area (Å²) in [6.07, 6.45) is -4.27. The number of oxazole rings is 1. The van der Waals surface area contributed by atoms with Gasteiger partial charge in [0, 0.05) is 11.6 Å². The lowest BCUT2D eigenvalue weighted by molar-refractivity contribution is -0.274. The molecule has 0 aliphatic rings. The first kappa shape index (κ1) is 21.5. The van der Waals surface area contributed by atoms with Crippen molar-refractivity contribution in [2.24, 2.45) is 5.14 Å². The SMILES string of the molecule is Cc1ccc(-n2c(-c3cc(F)c(S(N)(=O)=O)cc3F)coc2=O)cc1OC(F)(F)F. The molecule has 0 saturated heterocycles. The maximum Gasteiger partial charge on any atom is 0.573 e. The van der Waals surface area contributed by atoms with Crippen molar-refractivity contribution in [1.29, 1.82) is 0 Å². The normalized spacial score (nSPS) is 12.2. The van der Waals surface area contributed by atoms with Gasteiger partial charge in [0.25, 0.3) is 0 Å². The highest BCUT2D eigenvalue weighted by Crippen LogP contribution is 2.31. The zero-order chi connectivity index (χ0) is 22.4. The summed E-state index contributed by atoms with van der Waals surface area (Å²) in [6.45, 7) is 1.32. The fourth-order valence-electron chi connectivity index (χ4n) is 2.64. The Balaban J connectivity index is 2.20. The van der Waals surface area contributed by atoms with Gasteiger partial charge in [-0.3, -0.25) is 0 Å². The van der Waals surface area contributed by atoms with Crippen LogP contribution in [-0.2, 0) is 10.0 Å². The number of rotatable bonds is 4. The van der Waals surface area contributed by atoms with Gasteiger partial charge in [-0.1, -0.05) is 6.07 Å². The monoisotopic (exact) mass is 450 g/mol. The first-order valence-electron chi connectivity index (χ1n) is 7.87. The average Bonchev–Trinajstić information content (AvgIpc) is 2.98. The molecule has 2 N–H and O–H groups in total. The number of nitrogens with zero attached hydrogens (tertiary/aromatic N) is 1. The van der Waals surface area contributed by atoms with Gasteiger partial charge < -0.3 is 9.15 Å². The predicted octanol–water partition coefficient (Wildman–Crippen LogP) is 3.23. The lowest BCUT2D eigenvalue weighted by Gasteiger charge is -2.14. The number of sulfonamides is 1. The Hall–Kier alpha value is -3.19. The maximum absolute atomic E-state index is 14.5. The van der Waals surface area contributed by atoms with E-state index >= 15 is 0 Å². The third kappa shape index (κ3) is 4.21. The number of ether oxygens (including phenoxy) is 1. The summed E-state index contributed by atoms with van der Waals surface area (Å²) in [5.74, 6) is -4.43. The van der Waals surface area contributed by atoms with Crippen molar-refractivity contribution in [3.63, 3.8) is 0 Å². The maximum atomic E-state index is 14.5. The molecule has 0 amide bonds. The molecule has 0 aliphatic carbocycles. The van der Waals surface area contributed by atoms with Crippen molar-refractivity contribution in [2.75, 3.05) is 0 Å². The number of primary sulfonamides is 1. The Bertz CT molecular complexity index is 1290. The highest BCUT2D eigenvalue weighted by molar-refractivity contribution is 7.89. The highest BCUT2D eigenvalue weighted by atomic mass is 32.2. The van der Waals surface area contributed by atoms with Crippen molar-refractivity contribution < 1.29 is 39.5 Å². The molecule has 1 heterocycles. The highest BCUT2D eigenvalue weighted by Gasteiger charge is 2.32. The lowest BCUT2D eigenvalue weighted by Crippen LogP contribution is -2.19. The molecule has 3 aromatic rings. The molecular formula is C17H11F5N2O5S. The summed E-state index contributed by atoms with van der Waals surface area (Å²) >= 11 is 0. The van der Waals surface area contributed by atoms with Crippen molar-refractivity contribution in [2.45, 2.75) is 18.2 Å². The largest absolute Gasteiger partial charge is 0.573 e. The van der Waals surface area contributed by atoms with Crippen molar-refractivity contribution in [3.8, 4) is 22.7 Å². The van der Waals surface area contributed by atoms with Crippen LogP contribution in [0.1, 0.15) is 5.56 Å². The fourth-order valence-corrected chi connectivity index (χ4v) is 3.24. The second-order valence-corrected chi connectivity index (χ2v) is 7.56. The van der Waals surface area contributed by atoms with Crippen molar-refractivity contribution in [1.82, 2.24) is 4.57 Å². The molecule has 30 heavy (non-hydrogen) atoms. The molecule has 0 spiro atoms. The van der Waals surface area contributed by atoms with E-state index < -0.39 is 50.0 Å². The molecule has 0 aliphatic heterocycles. The van der Waals surface area contributed by atoms with Crippen LogP contribution < -0.4 is 15.6 Å². The molecule has 160 valence electrons. The third-order valence-corrected chi connectivity index (χ3v) is 4.88. The number of nitrogens with two attached hydrogens (primary N) is 1. The van der Waals surface area contributed by atoms with Gasteiger partial charge in [-0.15, -0.1) is 13.2 Å². The van der Waals surface area contributed by atoms with Gasteiger partial charge in [0.15, 0.2) is 0 Å². The Morgan fingerprint density at radius 3 is 2.37 bits per heavy atom. The van der Waals surface area contributed by atoms with Crippen molar-refractivity contribution >= 4 is 10.0 Å². The minimum Gasteiger partial charge on any atom is -0.415 e. The number of aromatic nitrogens is 1. The second kappa shape index (κ2) is 7.25. The van der Waals surface area contributed by atoms with Gasteiger partial charge in [0.1, 0.15) is 28.5 Å². The van der Waals surface area contributed by atoms with E-state index in [-0.39, 0.29) is 16.9 Å². The van der Waals surface area contributed by atoms with Crippen LogP contribution in [0.25, 0.3) is 16.9 Å². The Kier molecular flexibility index (Phi) is 5.20. The van der Waals surface area contributed by atoms with Crippen LogP contribution in [0.15, 0.2) is 50.7 Å². The zero-order valence-electron chi connectivity index (χ0n) is 14.8. The summed E-state index contributed by atoms with van der Waals surface area (Å²) in [6, 6.07) is 4.08. The van der Waals surface area contributed by atoms with E-state index in [4.69, 9.17) is 5.14 Å². The molecule has 1 aromatic heterocycles. The first-order valence-corrected chi connectivity index (χ1v) is 9.42. The molecule has 0 radical (unpaired) electrons. The van der Waals surface area contributed by atoms with E-state index in [9.17, 15) is 35.2 Å². The number of hydrogen-bond donors (Lipinski definition) is 1. The van der Waals surface area contributed by atoms with Gasteiger partial charge in [-0.25, -0.2) is 31.7 Å². The van der Waals surface area contributed by atoms with E-state index in [1.165, 1.54) is 19.1 Å². The Morgan fingerprint density at radius 1 is 1.10 bits per heavy atom. The topological polar surface area (TPSA) is 105 Å². The molecule has 0 fully saturated rings. The molecule has 2 aromatic carbocycles. The Morgan fingerprint density at radius 2 is 1.77 bits per heavy atom. The zero-order valence-corrected chi connectivity index (χ0v) is 15.6. The minimum absolute atomic E-state index is 0.0869. The molecule has 0 saturated carbocycles. The summed E-state index contributed by atoms with van der Waals surface area (Å²) in [5.41, 5.74) is -1.10. The predicted molar refractivity (Wildman–Crippen MR) is 92.5 cm³/mol. The fraction of sp³-hybridized carbons (Fsp3) is 0.118. The second-order valence-electron chi connectivity index (χ2n) is 6.03. The van der Waals surface area contributed by atoms with E-state index in [1.807, 2.05) is 0 Å². The quantitative estimate of drug-likeness (QED) is 0.615. The first-order chi connectivity index (χ1) is 13.8. The Labute approximate surface area is 165 Å². The van der Waals surface area contributed by atoms with Gasteiger partial charge in [0.05, 0.1) is 11.4 Å². The van der Waals surface area contributed by atoms with Crippen LogP contribution in [0.4, 0.5) is 22.0 Å². The molecular weight excluding hydrogens is 439 g/mol. The summed E-state index contributed by atoms with van der Waals surface area (Å²) in [7, 11) is -4.57. The van der Waals surface area contributed by atoms with Crippen LogP contribution in [0.5, 0.6) is 5.75 Å². The van der Waals surface area contributed by atoms with Crippen LogP contribution in [-0.4, -0.2) is 19.3 Å². The molecule has 3 rings (SSSR count). The smallest absolute Gasteiger partial charge is 0.415 e. The number of alkyl halides is 3. The third-order valence-electron chi connectivity index (χ3n) is 3.95. The number of halogens is 5. The van der Waals surface area contributed by atoms with E-state index in [1.54, 1.807) is 0 Å². The molecule has 0 unspecified atom stereocenters. The standard InChI is InChI=1S/C17H11F5N2O5S/c1-8-2-3-9(4-14(8)29-17(20,21)22)24-13(7-28-16(24)25)10-5-12(19)15(6-11(10)18)30(23,26)27/h2-7H,1H3,(H2,23,26,27). The van der Waals surface area contributed by atoms with Crippen LogP contribution in [0, 0.1) is 18.6 Å². The van der Waals surface area contributed by atoms with Crippen molar-refractivity contribution in [3.05, 3.63) is 64.3 Å². The molecule has 0 bridgehead atoms. The van der Waals surface area contributed by atoms with E-state index in [2.05, 4.69) is 9.15 Å². The lowest BCUT2D eigenvalue weighted by atomic mass is 10.1. The summed E-state index contributed by atoms with van der Waals surface area (Å²) in [4.78, 5) is 11.0. The molecule has 0 atom stereocenters. The minimum atomic E-state index is -5.01. The van der Waals surface area contributed by atoms with Gasteiger partial charge >= 0.3 is 12.1 Å². The van der Waals surface area contributed by atoms with E-state index in [0.29, 0.717) is 16.7 Å². The van der Waals surface area contributed by atoms with Crippen LogP contribution in [0.3, 0.4) is 0 Å².